The zero-order valence-corrected chi connectivity index (χ0v) is 11.9. The maximum atomic E-state index is 12.0. The molecule has 0 aliphatic heterocycles. The van der Waals surface area contributed by atoms with Crippen LogP contribution in [0.3, 0.4) is 0 Å². The predicted molar refractivity (Wildman–Crippen MR) is 82.5 cm³/mol. The van der Waals surface area contributed by atoms with Crippen LogP contribution < -0.4 is 11.1 Å². The summed E-state index contributed by atoms with van der Waals surface area (Å²) in [5, 5.41) is 2.86. The molecule has 0 saturated heterocycles. The molecule has 0 atom stereocenters. The summed E-state index contributed by atoms with van der Waals surface area (Å²) in [6.45, 7) is 2.70. The normalized spacial score (nSPS) is 9.62. The Morgan fingerprint density at radius 1 is 1.24 bits per heavy atom. The molecular formula is C17H17N3O. The first kappa shape index (κ1) is 14.8. The van der Waals surface area contributed by atoms with Crippen LogP contribution in [0, 0.1) is 18.8 Å². The lowest BCUT2D eigenvalue weighted by Gasteiger charge is -2.05. The molecule has 2 aromatic rings. The molecule has 4 nitrogen and oxygen atoms in total. The fourth-order valence-electron chi connectivity index (χ4n) is 1.75. The highest BCUT2D eigenvalue weighted by Crippen LogP contribution is 2.04. The Morgan fingerprint density at radius 3 is 2.62 bits per heavy atom. The molecule has 0 bridgehead atoms. The number of carbonyl (C=O) groups excluding carboxylic acids is 1. The Morgan fingerprint density at radius 2 is 2.00 bits per heavy atom. The predicted octanol–water partition coefficient (Wildman–Crippen LogP) is 1.63. The summed E-state index contributed by atoms with van der Waals surface area (Å²) < 4.78 is 0. The highest BCUT2D eigenvalue weighted by Gasteiger charge is 2.05. The van der Waals surface area contributed by atoms with Crippen molar-refractivity contribution < 1.29 is 4.79 Å². The van der Waals surface area contributed by atoms with Gasteiger partial charge >= 0.3 is 0 Å². The van der Waals surface area contributed by atoms with E-state index >= 15 is 0 Å². The average Bonchev–Trinajstić information content (AvgIpc) is 2.52. The second-order valence-corrected chi connectivity index (χ2v) is 4.57. The molecule has 4 heteroatoms. The SMILES string of the molecule is Cc1ccc(C(=O)NCc2ccc(C#CCN)cc2)cn1. The van der Waals surface area contributed by atoms with Crippen LogP contribution in [-0.4, -0.2) is 17.4 Å². The number of aromatic nitrogens is 1. The van der Waals surface area contributed by atoms with Crippen LogP contribution in [0.1, 0.15) is 27.2 Å². The maximum Gasteiger partial charge on any atom is 0.253 e. The largest absolute Gasteiger partial charge is 0.348 e. The first-order valence-electron chi connectivity index (χ1n) is 6.68. The smallest absolute Gasteiger partial charge is 0.253 e. The molecule has 0 aliphatic rings. The minimum atomic E-state index is -0.130. The quantitative estimate of drug-likeness (QED) is 0.839. The lowest BCUT2D eigenvalue weighted by molar-refractivity contribution is 0.0950. The molecule has 0 radical (unpaired) electrons. The van der Waals surface area contributed by atoms with E-state index < -0.39 is 0 Å². The minimum absolute atomic E-state index is 0.130. The second-order valence-electron chi connectivity index (χ2n) is 4.57. The van der Waals surface area contributed by atoms with Gasteiger partial charge in [-0.2, -0.15) is 0 Å². The molecule has 0 saturated carbocycles. The van der Waals surface area contributed by atoms with E-state index in [4.69, 9.17) is 5.73 Å². The topological polar surface area (TPSA) is 68.0 Å². The van der Waals surface area contributed by atoms with E-state index in [2.05, 4.69) is 22.1 Å². The summed E-state index contributed by atoms with van der Waals surface area (Å²) in [5.74, 6) is 5.63. The molecule has 106 valence electrons. The van der Waals surface area contributed by atoms with Gasteiger partial charge in [0.05, 0.1) is 12.1 Å². The van der Waals surface area contributed by atoms with Crippen molar-refractivity contribution in [3.8, 4) is 11.8 Å². The maximum absolute atomic E-state index is 12.0. The summed E-state index contributed by atoms with van der Waals surface area (Å²) in [4.78, 5) is 16.1. The van der Waals surface area contributed by atoms with E-state index in [0.29, 0.717) is 18.7 Å². The van der Waals surface area contributed by atoms with Gasteiger partial charge in [0.15, 0.2) is 0 Å². The van der Waals surface area contributed by atoms with E-state index in [1.807, 2.05) is 37.3 Å². The zero-order chi connectivity index (χ0) is 15.1. The fourth-order valence-corrected chi connectivity index (χ4v) is 1.75. The number of aryl methyl sites for hydroxylation is 1. The lowest BCUT2D eigenvalue weighted by Crippen LogP contribution is -2.22. The molecule has 21 heavy (non-hydrogen) atoms. The van der Waals surface area contributed by atoms with E-state index in [0.717, 1.165) is 16.8 Å². The van der Waals surface area contributed by atoms with Crippen LogP contribution >= 0.6 is 0 Å². The Labute approximate surface area is 124 Å². The van der Waals surface area contributed by atoms with Crippen molar-refractivity contribution >= 4 is 5.91 Å². The van der Waals surface area contributed by atoms with Crippen molar-refractivity contribution in [2.24, 2.45) is 5.73 Å². The number of nitrogens with zero attached hydrogens (tertiary/aromatic N) is 1. The monoisotopic (exact) mass is 279 g/mol. The van der Waals surface area contributed by atoms with Gasteiger partial charge in [0.25, 0.3) is 5.91 Å². The van der Waals surface area contributed by atoms with Crippen LogP contribution in [-0.2, 0) is 6.54 Å². The molecule has 1 aromatic carbocycles. The number of rotatable bonds is 3. The standard InChI is InChI=1S/C17H17N3O/c1-13-4-9-16(12-19-13)17(21)20-11-15-7-5-14(6-8-15)3-2-10-18/h4-9,12H,10-11,18H2,1H3,(H,20,21). The highest BCUT2D eigenvalue weighted by molar-refractivity contribution is 5.93. The molecule has 0 fully saturated rings. The Balaban J connectivity index is 1.93. The number of hydrogen-bond donors (Lipinski definition) is 2. The summed E-state index contributed by atoms with van der Waals surface area (Å²) >= 11 is 0. The number of carbonyl (C=O) groups is 1. The van der Waals surface area contributed by atoms with Crippen molar-refractivity contribution in [3.63, 3.8) is 0 Å². The number of nitrogens with one attached hydrogen (secondary N) is 1. The van der Waals surface area contributed by atoms with Crippen molar-refractivity contribution in [1.82, 2.24) is 10.3 Å². The second kappa shape index (κ2) is 7.22. The van der Waals surface area contributed by atoms with Gasteiger partial charge in [0.2, 0.25) is 0 Å². The summed E-state index contributed by atoms with van der Waals surface area (Å²) in [5.41, 5.74) is 8.71. The molecule has 2 rings (SSSR count). The molecule has 3 N–H and O–H groups in total. The van der Waals surface area contributed by atoms with Gasteiger partial charge in [-0.1, -0.05) is 24.0 Å². The summed E-state index contributed by atoms with van der Waals surface area (Å²) in [7, 11) is 0. The lowest BCUT2D eigenvalue weighted by atomic mass is 10.1. The third-order valence-electron chi connectivity index (χ3n) is 2.92. The van der Waals surface area contributed by atoms with Crippen molar-refractivity contribution in [3.05, 3.63) is 65.0 Å². The van der Waals surface area contributed by atoms with Gasteiger partial charge in [-0.05, 0) is 36.8 Å². The Kier molecular flexibility index (Phi) is 5.08. The third kappa shape index (κ3) is 4.44. The van der Waals surface area contributed by atoms with Gasteiger partial charge < -0.3 is 11.1 Å². The number of pyridine rings is 1. The fraction of sp³-hybridized carbons (Fsp3) is 0.176. The van der Waals surface area contributed by atoms with Crippen LogP contribution in [0.15, 0.2) is 42.6 Å². The van der Waals surface area contributed by atoms with Gasteiger partial charge in [-0.3, -0.25) is 9.78 Å². The molecule has 1 amide bonds. The first-order valence-corrected chi connectivity index (χ1v) is 6.68. The van der Waals surface area contributed by atoms with Crippen LogP contribution in [0.25, 0.3) is 0 Å². The number of nitrogens with two attached hydrogens (primary N) is 1. The van der Waals surface area contributed by atoms with Crippen molar-refractivity contribution in [2.75, 3.05) is 6.54 Å². The Bertz CT molecular complexity index is 664. The van der Waals surface area contributed by atoms with Gasteiger partial charge in [0.1, 0.15) is 0 Å². The number of hydrogen-bond acceptors (Lipinski definition) is 3. The first-order chi connectivity index (χ1) is 10.2. The molecular weight excluding hydrogens is 262 g/mol. The summed E-state index contributed by atoms with van der Waals surface area (Å²) in [6, 6.07) is 11.3. The van der Waals surface area contributed by atoms with Gasteiger partial charge in [0, 0.05) is 24.0 Å². The highest BCUT2D eigenvalue weighted by atomic mass is 16.1. The molecule has 0 unspecified atom stereocenters. The summed E-state index contributed by atoms with van der Waals surface area (Å²) in [6.07, 6.45) is 1.58. The van der Waals surface area contributed by atoms with E-state index in [1.165, 1.54) is 0 Å². The van der Waals surface area contributed by atoms with Crippen molar-refractivity contribution in [1.29, 1.82) is 0 Å². The van der Waals surface area contributed by atoms with Gasteiger partial charge in [-0.15, -0.1) is 0 Å². The van der Waals surface area contributed by atoms with E-state index in [1.54, 1.807) is 12.3 Å². The molecule has 0 spiro atoms. The van der Waals surface area contributed by atoms with E-state index in [9.17, 15) is 4.79 Å². The van der Waals surface area contributed by atoms with Crippen LogP contribution in [0.2, 0.25) is 0 Å². The minimum Gasteiger partial charge on any atom is -0.348 e. The number of benzene rings is 1. The molecule has 1 aromatic heterocycles. The third-order valence-corrected chi connectivity index (χ3v) is 2.92. The van der Waals surface area contributed by atoms with Crippen LogP contribution in [0.4, 0.5) is 0 Å². The Hall–Kier alpha value is -2.64. The molecule has 1 heterocycles. The molecule has 0 aliphatic carbocycles. The van der Waals surface area contributed by atoms with Crippen LogP contribution in [0.5, 0.6) is 0 Å². The van der Waals surface area contributed by atoms with E-state index in [-0.39, 0.29) is 5.91 Å². The average molecular weight is 279 g/mol. The van der Waals surface area contributed by atoms with Crippen molar-refractivity contribution in [2.45, 2.75) is 13.5 Å². The number of amides is 1. The van der Waals surface area contributed by atoms with Gasteiger partial charge in [-0.25, -0.2) is 0 Å². The zero-order valence-electron chi connectivity index (χ0n) is 11.9.